The molecule has 0 spiro atoms. The molecule has 18 nitrogen and oxygen atoms in total. The number of nitrogens with zero attached hydrogens (tertiary/aromatic N) is 1. The van der Waals surface area contributed by atoms with Crippen molar-refractivity contribution in [2.75, 3.05) is 41.5 Å². The summed E-state index contributed by atoms with van der Waals surface area (Å²) in [6.07, 6.45) is -8.52. The molecule has 370 valence electrons. The number of rotatable bonds is 13. The summed E-state index contributed by atoms with van der Waals surface area (Å²) in [5.41, 5.74) is -0.782. The fourth-order valence-corrected chi connectivity index (χ4v) is 9.60. The Kier molecular flexibility index (Phi) is 20.8. The van der Waals surface area contributed by atoms with Gasteiger partial charge in [-0.05, 0) is 80.0 Å². The molecule has 3 fully saturated rings. The van der Waals surface area contributed by atoms with E-state index < -0.39 is 140 Å². The van der Waals surface area contributed by atoms with Gasteiger partial charge in [0.15, 0.2) is 24.7 Å². The molecular weight excluding hydrogens is 838 g/mol. The van der Waals surface area contributed by atoms with Gasteiger partial charge in [0.25, 0.3) is 0 Å². The van der Waals surface area contributed by atoms with Gasteiger partial charge >= 0.3 is 5.97 Å². The van der Waals surface area contributed by atoms with E-state index in [0.29, 0.717) is 12.0 Å². The first-order chi connectivity index (χ1) is 30.1. The lowest BCUT2D eigenvalue weighted by Gasteiger charge is -2.50. The third-order valence-corrected chi connectivity index (χ3v) is 13.5. The van der Waals surface area contributed by atoms with Crippen LogP contribution in [0.2, 0.25) is 0 Å². The number of allylic oxidation sites excluding steroid dienone is 3. The van der Waals surface area contributed by atoms with Crippen LogP contribution < -0.4 is 0 Å². The standard InChI is InChI=1S/C46H79NO17/c1-13-33-30(22-58-45-42(57-12)41(56-11)37(52)26(5)60-45)18-23(2)14-15-31(49)24(3)19-29(16-17-48)39(25(4)32(50)20-34(51)62-33)64-44-38(53)36(47(9)10)40(27(6)61-44)63-35-21-46(8,55)43(54)28(7)59-35/h14-15,18,24-30,32-33,35-45,48,50,52-55H,13,16-17,19-22H2,1-12H3/b15-14+,23-18-/t24-,25+,26+,27+,28-,29+,30-,32-,33?,35-,36+,37+,38+,39?,40?,41+,42+,43-,44-,45+,46+/m1/s1. The van der Waals surface area contributed by atoms with Gasteiger partial charge in [0.05, 0.1) is 55.2 Å². The molecule has 0 amide bonds. The first-order valence-electron chi connectivity index (χ1n) is 22.8. The van der Waals surface area contributed by atoms with Crippen molar-refractivity contribution in [2.24, 2.45) is 23.7 Å². The minimum absolute atomic E-state index is 0.00151. The van der Waals surface area contributed by atoms with E-state index in [0.717, 1.165) is 0 Å². The number of methoxy groups -OCH3 is 2. The van der Waals surface area contributed by atoms with E-state index in [9.17, 15) is 40.2 Å². The van der Waals surface area contributed by atoms with Gasteiger partial charge in [0.2, 0.25) is 0 Å². The zero-order valence-corrected chi connectivity index (χ0v) is 39.9. The van der Waals surface area contributed by atoms with Crippen LogP contribution >= 0.6 is 0 Å². The molecule has 0 aliphatic carbocycles. The maximum Gasteiger partial charge on any atom is 0.308 e. The van der Waals surface area contributed by atoms with E-state index in [1.54, 1.807) is 59.7 Å². The van der Waals surface area contributed by atoms with Crippen molar-refractivity contribution >= 4 is 11.8 Å². The topological polar surface area (TPSA) is 242 Å². The van der Waals surface area contributed by atoms with Crippen molar-refractivity contribution in [3.63, 3.8) is 0 Å². The highest BCUT2D eigenvalue weighted by atomic mass is 16.7. The van der Waals surface area contributed by atoms with Gasteiger partial charge in [-0.2, -0.15) is 0 Å². The van der Waals surface area contributed by atoms with Crippen LogP contribution in [0, 0.1) is 23.7 Å². The van der Waals surface area contributed by atoms with Gasteiger partial charge in [-0.25, -0.2) is 0 Å². The van der Waals surface area contributed by atoms with Crippen LogP contribution in [0.5, 0.6) is 0 Å². The van der Waals surface area contributed by atoms with Crippen molar-refractivity contribution in [1.82, 2.24) is 4.90 Å². The van der Waals surface area contributed by atoms with E-state index in [2.05, 4.69) is 0 Å². The first kappa shape index (κ1) is 54.6. The monoisotopic (exact) mass is 918 g/mol. The Morgan fingerprint density at radius 3 is 2.09 bits per heavy atom. The quantitative estimate of drug-likeness (QED) is 0.144. The van der Waals surface area contributed by atoms with Crippen LogP contribution in [0.1, 0.15) is 87.5 Å². The Hall–Kier alpha value is -1.98. The molecule has 0 saturated carbocycles. The average Bonchev–Trinajstić information content (AvgIpc) is 3.23. The Labute approximate surface area is 379 Å². The molecule has 4 aliphatic heterocycles. The van der Waals surface area contributed by atoms with Crippen molar-refractivity contribution in [3.05, 3.63) is 23.8 Å². The maximum absolute atomic E-state index is 13.8. The second-order valence-electron chi connectivity index (χ2n) is 18.9. The van der Waals surface area contributed by atoms with Gasteiger partial charge in [-0.3, -0.25) is 9.59 Å². The highest BCUT2D eigenvalue weighted by molar-refractivity contribution is 5.91. The summed E-state index contributed by atoms with van der Waals surface area (Å²) in [6.45, 7) is 13.5. The van der Waals surface area contributed by atoms with E-state index in [4.69, 9.17) is 42.6 Å². The lowest BCUT2D eigenvalue weighted by Crippen LogP contribution is -2.65. The normalized spacial score (nSPS) is 46.0. The molecule has 0 radical (unpaired) electrons. The molecule has 21 atom stereocenters. The van der Waals surface area contributed by atoms with E-state index in [1.165, 1.54) is 27.2 Å². The van der Waals surface area contributed by atoms with Crippen LogP contribution in [0.4, 0.5) is 0 Å². The SMILES string of the molecule is CCC1OC(=O)C[C@@H](O)[C@H](C)C(O[C@H]2O[C@@H](C)C(O[C@@H]3C[C@](C)(O)[C@H](O)[C@@H](C)O3)[C@@H](N(C)C)[C@@H]2O)[C@@H](CCO)C[C@@H](C)C(=O)/C=C/C(C)=C\[C@@H]1CO[C@H]1O[C@@H](C)[C@H](O)[C@H](OC)[C@@H]1OC. The summed E-state index contributed by atoms with van der Waals surface area (Å²) in [7, 11) is 6.47. The van der Waals surface area contributed by atoms with Crippen molar-refractivity contribution in [3.8, 4) is 0 Å². The number of aliphatic hydroxyl groups is 6. The van der Waals surface area contributed by atoms with Gasteiger partial charge in [0.1, 0.15) is 42.7 Å². The van der Waals surface area contributed by atoms with Gasteiger partial charge in [0, 0.05) is 45.0 Å². The molecule has 0 bridgehead atoms. The second kappa shape index (κ2) is 24.3. The summed E-state index contributed by atoms with van der Waals surface area (Å²) in [5, 5.41) is 66.2. The van der Waals surface area contributed by atoms with Gasteiger partial charge in [-0.1, -0.05) is 38.5 Å². The number of carbonyl (C=O) groups excluding carboxylic acids is 2. The van der Waals surface area contributed by atoms with Crippen LogP contribution in [0.3, 0.4) is 0 Å². The summed E-state index contributed by atoms with van der Waals surface area (Å²) in [6, 6.07) is -0.728. The number of ketones is 1. The molecule has 0 aromatic rings. The highest BCUT2D eigenvalue weighted by Gasteiger charge is 2.52. The van der Waals surface area contributed by atoms with Crippen LogP contribution in [0.25, 0.3) is 0 Å². The van der Waals surface area contributed by atoms with Crippen molar-refractivity contribution in [1.29, 1.82) is 0 Å². The minimum Gasteiger partial charge on any atom is -0.462 e. The summed E-state index contributed by atoms with van der Waals surface area (Å²) in [4.78, 5) is 29.3. The zero-order chi connectivity index (χ0) is 47.8. The number of ether oxygens (including phenoxy) is 9. The second-order valence-corrected chi connectivity index (χ2v) is 18.9. The predicted octanol–water partition coefficient (Wildman–Crippen LogP) is 1.63. The third-order valence-electron chi connectivity index (χ3n) is 13.5. The Bertz CT molecular complexity index is 1530. The number of aliphatic hydroxyl groups excluding tert-OH is 5. The summed E-state index contributed by atoms with van der Waals surface area (Å²) >= 11 is 0. The molecule has 4 heterocycles. The van der Waals surface area contributed by atoms with Gasteiger partial charge < -0.3 is 78.2 Å². The Balaban J connectivity index is 1.62. The maximum atomic E-state index is 13.8. The Morgan fingerprint density at radius 1 is 0.844 bits per heavy atom. The number of esters is 1. The van der Waals surface area contributed by atoms with E-state index in [1.807, 2.05) is 19.9 Å². The number of cyclic esters (lactones) is 1. The molecule has 3 unspecified atom stereocenters. The Morgan fingerprint density at radius 2 is 1.50 bits per heavy atom. The molecule has 0 aromatic heterocycles. The molecule has 4 rings (SSSR count). The predicted molar refractivity (Wildman–Crippen MR) is 231 cm³/mol. The minimum atomic E-state index is -1.48. The molecule has 6 N–H and O–H groups in total. The number of carbonyl (C=O) groups is 2. The summed E-state index contributed by atoms with van der Waals surface area (Å²) in [5.74, 6) is -3.31. The molecule has 0 aromatic carbocycles. The molecule has 3 saturated heterocycles. The molecular formula is C46H79NO17. The lowest BCUT2D eigenvalue weighted by atomic mass is 9.79. The molecule has 18 heteroatoms. The largest absolute Gasteiger partial charge is 0.462 e. The zero-order valence-electron chi connectivity index (χ0n) is 39.9. The summed E-state index contributed by atoms with van der Waals surface area (Å²) < 4.78 is 54.8. The highest BCUT2D eigenvalue weighted by Crippen LogP contribution is 2.38. The molecule has 64 heavy (non-hydrogen) atoms. The van der Waals surface area contributed by atoms with Crippen molar-refractivity contribution < 1.29 is 82.9 Å². The molecule has 4 aliphatic rings. The van der Waals surface area contributed by atoms with Crippen LogP contribution in [-0.4, -0.2) is 193 Å². The van der Waals surface area contributed by atoms with E-state index >= 15 is 0 Å². The van der Waals surface area contributed by atoms with Gasteiger partial charge in [-0.15, -0.1) is 0 Å². The third kappa shape index (κ3) is 13.6. The fraction of sp³-hybridized carbons (Fsp3) is 0.870. The first-order valence-corrected chi connectivity index (χ1v) is 22.8. The lowest BCUT2D eigenvalue weighted by molar-refractivity contribution is -0.342. The van der Waals surface area contributed by atoms with Crippen molar-refractivity contribution in [2.45, 2.75) is 191 Å². The van der Waals surface area contributed by atoms with E-state index in [-0.39, 0.29) is 38.3 Å². The van der Waals surface area contributed by atoms with Crippen LogP contribution in [0.15, 0.2) is 23.8 Å². The number of hydrogen-bond donors (Lipinski definition) is 6. The number of hydrogen-bond acceptors (Lipinski definition) is 18. The average molecular weight is 918 g/mol. The number of likely N-dealkylation sites (N-methyl/N-ethyl adjacent to an activating group) is 1. The van der Waals surface area contributed by atoms with Crippen LogP contribution in [-0.2, 0) is 52.2 Å². The smallest absolute Gasteiger partial charge is 0.308 e. The fourth-order valence-electron chi connectivity index (χ4n) is 9.60.